The maximum Gasteiger partial charge on any atom is 0.238 e. The zero-order valence-electron chi connectivity index (χ0n) is 9.26. The molecule has 0 bridgehead atoms. The Hall–Kier alpha value is -2.67. The summed E-state index contributed by atoms with van der Waals surface area (Å²) >= 11 is 0. The fourth-order valence-corrected chi connectivity index (χ4v) is 1.45. The first-order chi connectivity index (χ1) is 8.70. The quantitative estimate of drug-likeness (QED) is 0.471. The molecule has 0 saturated carbocycles. The minimum atomic E-state index is -0.522. The van der Waals surface area contributed by atoms with Gasteiger partial charge < -0.3 is 4.42 Å². The first-order valence-electron chi connectivity index (χ1n) is 5.16. The van der Waals surface area contributed by atoms with Crippen LogP contribution in [0.25, 0.3) is 6.08 Å². The molecule has 0 radical (unpaired) electrons. The molecule has 0 aliphatic heterocycles. The summed E-state index contributed by atoms with van der Waals surface area (Å²) in [5.41, 5.74) is 0.349. The minimum absolute atomic E-state index is 0.0826. The highest BCUT2D eigenvalue weighted by atomic mass is 19.1. The number of allylic oxidation sites excluding steroid dienone is 1. The lowest BCUT2D eigenvalue weighted by Gasteiger charge is -1.96. The maximum absolute atomic E-state index is 13.0. The van der Waals surface area contributed by atoms with Gasteiger partial charge in [-0.2, -0.15) is 5.26 Å². The molecular weight excluding hydrogens is 233 g/mol. The molecule has 0 amide bonds. The normalized spacial score (nSPS) is 11.0. The van der Waals surface area contributed by atoms with Gasteiger partial charge in [-0.05, 0) is 35.9 Å². The van der Waals surface area contributed by atoms with Crippen LogP contribution in [0.2, 0.25) is 0 Å². The molecule has 0 atom stereocenters. The van der Waals surface area contributed by atoms with Gasteiger partial charge in [0, 0.05) is 0 Å². The van der Waals surface area contributed by atoms with E-state index in [1.54, 1.807) is 18.2 Å². The maximum atomic E-state index is 13.0. The Kier molecular flexibility index (Phi) is 3.35. The second-order valence-electron chi connectivity index (χ2n) is 3.53. The summed E-state index contributed by atoms with van der Waals surface area (Å²) in [6.45, 7) is 0. The third-order valence-electron chi connectivity index (χ3n) is 2.27. The van der Waals surface area contributed by atoms with Gasteiger partial charge in [0.05, 0.1) is 6.26 Å². The van der Waals surface area contributed by atoms with Crippen LogP contribution >= 0.6 is 0 Å². The lowest BCUT2D eigenvalue weighted by Crippen LogP contribution is -2.00. The molecule has 0 aliphatic rings. The van der Waals surface area contributed by atoms with E-state index >= 15 is 0 Å². The Labute approximate surface area is 103 Å². The van der Waals surface area contributed by atoms with E-state index in [1.807, 2.05) is 0 Å². The van der Waals surface area contributed by atoms with Crippen LogP contribution in [0.4, 0.5) is 4.39 Å². The molecule has 88 valence electrons. The number of nitrogens with zero attached hydrogens (tertiary/aromatic N) is 1. The van der Waals surface area contributed by atoms with E-state index in [1.165, 1.54) is 36.6 Å². The van der Waals surface area contributed by atoms with Crippen molar-refractivity contribution in [2.24, 2.45) is 0 Å². The standard InChI is InChI=1S/C14H8FNO2/c15-12-4-1-3-10(8-12)7-11(9-16)14(17)13-5-2-6-18-13/h1-8H/b11-7+. The van der Waals surface area contributed by atoms with Gasteiger partial charge in [-0.1, -0.05) is 12.1 Å². The predicted octanol–water partition coefficient (Wildman–Crippen LogP) is 3.21. The van der Waals surface area contributed by atoms with Crippen LogP contribution in [0.15, 0.2) is 52.7 Å². The van der Waals surface area contributed by atoms with Crippen LogP contribution in [0, 0.1) is 17.1 Å². The first kappa shape index (κ1) is 11.8. The first-order valence-corrected chi connectivity index (χ1v) is 5.16. The van der Waals surface area contributed by atoms with Crippen LogP contribution in [-0.2, 0) is 0 Å². The molecule has 0 unspecified atom stereocenters. The number of carbonyl (C=O) groups is 1. The summed E-state index contributed by atoms with van der Waals surface area (Å²) < 4.78 is 17.9. The van der Waals surface area contributed by atoms with Crippen molar-refractivity contribution in [2.75, 3.05) is 0 Å². The van der Waals surface area contributed by atoms with Crippen molar-refractivity contribution >= 4 is 11.9 Å². The molecule has 2 rings (SSSR count). The number of nitriles is 1. The number of benzene rings is 1. The topological polar surface area (TPSA) is 54.0 Å². The number of Topliss-reactive ketones (excluding diaryl/α,β-unsaturated/α-hetero) is 1. The molecular formula is C14H8FNO2. The summed E-state index contributed by atoms with van der Waals surface area (Å²) in [6.07, 6.45) is 2.68. The molecule has 1 aromatic heterocycles. The Balaban J connectivity index is 2.35. The lowest BCUT2D eigenvalue weighted by atomic mass is 10.1. The zero-order valence-corrected chi connectivity index (χ0v) is 9.26. The Morgan fingerprint density at radius 3 is 2.78 bits per heavy atom. The third-order valence-corrected chi connectivity index (χ3v) is 2.27. The van der Waals surface area contributed by atoms with E-state index in [0.29, 0.717) is 5.56 Å². The molecule has 1 heterocycles. The number of furan rings is 1. The highest BCUT2D eigenvalue weighted by molar-refractivity contribution is 6.12. The van der Waals surface area contributed by atoms with Crippen LogP contribution < -0.4 is 0 Å². The summed E-state index contributed by atoms with van der Waals surface area (Å²) in [7, 11) is 0. The van der Waals surface area contributed by atoms with Crippen LogP contribution in [0.1, 0.15) is 16.1 Å². The van der Waals surface area contributed by atoms with E-state index in [9.17, 15) is 9.18 Å². The van der Waals surface area contributed by atoms with Crippen LogP contribution in [0.3, 0.4) is 0 Å². The number of ketones is 1. The van der Waals surface area contributed by atoms with Crippen molar-refractivity contribution in [2.45, 2.75) is 0 Å². The van der Waals surface area contributed by atoms with E-state index in [2.05, 4.69) is 0 Å². The highest BCUT2D eigenvalue weighted by Crippen LogP contribution is 2.13. The fourth-order valence-electron chi connectivity index (χ4n) is 1.45. The van der Waals surface area contributed by atoms with Gasteiger partial charge >= 0.3 is 0 Å². The molecule has 0 aliphatic carbocycles. The highest BCUT2D eigenvalue weighted by Gasteiger charge is 2.14. The molecule has 4 heteroatoms. The monoisotopic (exact) mass is 241 g/mol. The van der Waals surface area contributed by atoms with Gasteiger partial charge in [0.25, 0.3) is 0 Å². The van der Waals surface area contributed by atoms with Crippen molar-refractivity contribution < 1.29 is 13.6 Å². The van der Waals surface area contributed by atoms with E-state index < -0.39 is 11.6 Å². The Morgan fingerprint density at radius 1 is 1.33 bits per heavy atom. The second-order valence-corrected chi connectivity index (χ2v) is 3.53. The number of carbonyl (C=O) groups excluding carboxylic acids is 1. The van der Waals surface area contributed by atoms with Gasteiger partial charge in [-0.15, -0.1) is 0 Å². The molecule has 2 aromatic rings. The van der Waals surface area contributed by atoms with Crippen molar-refractivity contribution in [3.63, 3.8) is 0 Å². The Bertz CT molecular complexity index is 636. The zero-order chi connectivity index (χ0) is 13.0. The van der Waals surface area contributed by atoms with Crippen molar-refractivity contribution in [1.82, 2.24) is 0 Å². The van der Waals surface area contributed by atoms with Gasteiger partial charge in [-0.25, -0.2) is 4.39 Å². The number of halogens is 1. The van der Waals surface area contributed by atoms with Gasteiger partial charge in [0.15, 0.2) is 5.76 Å². The second kappa shape index (κ2) is 5.11. The minimum Gasteiger partial charge on any atom is -0.461 e. The van der Waals surface area contributed by atoms with Crippen molar-refractivity contribution in [1.29, 1.82) is 5.26 Å². The van der Waals surface area contributed by atoms with Crippen LogP contribution in [0.5, 0.6) is 0 Å². The van der Waals surface area contributed by atoms with Gasteiger partial charge in [0.2, 0.25) is 5.78 Å². The molecule has 0 fully saturated rings. The summed E-state index contributed by atoms with van der Waals surface area (Å²) in [4.78, 5) is 11.8. The molecule has 0 N–H and O–H groups in total. The largest absolute Gasteiger partial charge is 0.461 e. The number of rotatable bonds is 3. The van der Waals surface area contributed by atoms with Crippen molar-refractivity contribution in [3.05, 3.63) is 65.4 Å². The molecule has 1 aromatic carbocycles. The number of hydrogen-bond donors (Lipinski definition) is 0. The van der Waals surface area contributed by atoms with E-state index in [0.717, 1.165) is 0 Å². The third kappa shape index (κ3) is 2.53. The molecule has 0 saturated heterocycles. The Morgan fingerprint density at radius 2 is 2.17 bits per heavy atom. The molecule has 3 nitrogen and oxygen atoms in total. The van der Waals surface area contributed by atoms with Crippen LogP contribution in [-0.4, -0.2) is 5.78 Å². The van der Waals surface area contributed by atoms with E-state index in [4.69, 9.17) is 9.68 Å². The molecule has 0 spiro atoms. The predicted molar refractivity (Wildman–Crippen MR) is 63.0 cm³/mol. The lowest BCUT2D eigenvalue weighted by molar-refractivity contribution is 0.101. The number of hydrogen-bond acceptors (Lipinski definition) is 3. The van der Waals surface area contributed by atoms with E-state index in [-0.39, 0.29) is 11.3 Å². The summed E-state index contributed by atoms with van der Waals surface area (Å²) in [6, 6.07) is 10.5. The average molecular weight is 241 g/mol. The fraction of sp³-hybridized carbons (Fsp3) is 0. The molecule has 18 heavy (non-hydrogen) atoms. The SMILES string of the molecule is N#C/C(=C\c1cccc(F)c1)C(=O)c1ccco1. The van der Waals surface area contributed by atoms with Gasteiger partial charge in [0.1, 0.15) is 17.5 Å². The average Bonchev–Trinajstić information content (AvgIpc) is 2.89. The van der Waals surface area contributed by atoms with Gasteiger partial charge in [-0.3, -0.25) is 4.79 Å². The van der Waals surface area contributed by atoms with Crippen molar-refractivity contribution in [3.8, 4) is 6.07 Å². The summed E-state index contributed by atoms with van der Waals surface area (Å²) in [5, 5.41) is 8.95. The summed E-state index contributed by atoms with van der Waals surface area (Å²) in [5.74, 6) is -0.863. The smallest absolute Gasteiger partial charge is 0.238 e.